The number of hydrogen-bond acceptors (Lipinski definition) is 3. The molecular weight excluding hydrogens is 340 g/mol. The van der Waals surface area contributed by atoms with Gasteiger partial charge in [0.15, 0.2) is 0 Å². The number of halogens is 1. The first kappa shape index (κ1) is 15.0. The van der Waals surface area contributed by atoms with Gasteiger partial charge >= 0.3 is 0 Å². The third kappa shape index (κ3) is 3.39. The van der Waals surface area contributed by atoms with Gasteiger partial charge in [-0.25, -0.2) is 13.1 Å². The number of anilines is 1. The highest BCUT2D eigenvalue weighted by Crippen LogP contribution is 2.20. The van der Waals surface area contributed by atoms with Gasteiger partial charge in [0.05, 0.1) is 4.90 Å². The van der Waals surface area contributed by atoms with E-state index in [1.54, 1.807) is 19.1 Å². The van der Waals surface area contributed by atoms with Crippen molar-refractivity contribution >= 4 is 31.6 Å². The highest BCUT2D eigenvalue weighted by atomic mass is 79.9. The van der Waals surface area contributed by atoms with Crippen molar-refractivity contribution in [1.82, 2.24) is 4.72 Å². The summed E-state index contributed by atoms with van der Waals surface area (Å²) in [5.74, 6) is 0. The van der Waals surface area contributed by atoms with E-state index in [2.05, 4.69) is 20.7 Å². The normalized spacial score (nSPS) is 11.5. The quantitative estimate of drug-likeness (QED) is 0.829. The van der Waals surface area contributed by atoms with Gasteiger partial charge < -0.3 is 5.73 Å². The van der Waals surface area contributed by atoms with Crippen LogP contribution in [0.2, 0.25) is 0 Å². The van der Waals surface area contributed by atoms with Crippen molar-refractivity contribution in [1.29, 1.82) is 0 Å². The summed E-state index contributed by atoms with van der Waals surface area (Å²) in [6, 6.07) is 12.3. The molecule has 6 heteroatoms. The van der Waals surface area contributed by atoms with Gasteiger partial charge in [0.2, 0.25) is 10.0 Å². The van der Waals surface area contributed by atoms with E-state index in [1.165, 1.54) is 6.07 Å². The van der Waals surface area contributed by atoms with E-state index in [9.17, 15) is 8.42 Å². The van der Waals surface area contributed by atoms with Crippen LogP contribution in [0.3, 0.4) is 0 Å². The summed E-state index contributed by atoms with van der Waals surface area (Å²) in [5, 5.41) is 0. The van der Waals surface area contributed by atoms with Crippen molar-refractivity contribution in [3.05, 3.63) is 58.1 Å². The SMILES string of the molecule is Cc1ccc(N)cc1S(=O)(=O)NCc1ccccc1Br. The molecule has 106 valence electrons. The Morgan fingerprint density at radius 2 is 1.90 bits per heavy atom. The zero-order chi connectivity index (χ0) is 14.8. The molecule has 0 heterocycles. The number of sulfonamides is 1. The van der Waals surface area contributed by atoms with Crippen molar-refractivity contribution in [3.8, 4) is 0 Å². The molecule has 0 bridgehead atoms. The third-order valence-electron chi connectivity index (χ3n) is 2.91. The molecule has 20 heavy (non-hydrogen) atoms. The Labute approximate surface area is 127 Å². The van der Waals surface area contributed by atoms with Gasteiger partial charge in [0.1, 0.15) is 0 Å². The predicted molar refractivity (Wildman–Crippen MR) is 83.8 cm³/mol. The van der Waals surface area contributed by atoms with Crippen LogP contribution in [0.1, 0.15) is 11.1 Å². The number of nitrogens with one attached hydrogen (secondary N) is 1. The Bertz CT molecular complexity index is 730. The van der Waals surface area contributed by atoms with Crippen molar-refractivity contribution in [2.24, 2.45) is 0 Å². The molecule has 0 spiro atoms. The highest BCUT2D eigenvalue weighted by molar-refractivity contribution is 9.10. The smallest absolute Gasteiger partial charge is 0.241 e. The maximum atomic E-state index is 12.3. The number of nitrogen functional groups attached to an aromatic ring is 1. The second-order valence-corrected chi connectivity index (χ2v) is 7.03. The number of benzene rings is 2. The fourth-order valence-corrected chi connectivity index (χ4v) is 3.51. The van der Waals surface area contributed by atoms with E-state index in [0.717, 1.165) is 10.0 Å². The summed E-state index contributed by atoms with van der Waals surface area (Å²) in [4.78, 5) is 0.213. The lowest BCUT2D eigenvalue weighted by atomic mass is 10.2. The number of rotatable bonds is 4. The molecule has 0 aliphatic carbocycles. The minimum atomic E-state index is -3.58. The maximum Gasteiger partial charge on any atom is 0.241 e. The molecule has 0 atom stereocenters. The average molecular weight is 355 g/mol. The Morgan fingerprint density at radius 3 is 2.60 bits per heavy atom. The molecule has 4 nitrogen and oxygen atoms in total. The van der Waals surface area contributed by atoms with E-state index in [0.29, 0.717) is 11.3 Å². The molecule has 0 radical (unpaired) electrons. The van der Waals surface area contributed by atoms with Crippen LogP contribution in [0.15, 0.2) is 51.8 Å². The maximum absolute atomic E-state index is 12.3. The summed E-state index contributed by atoms with van der Waals surface area (Å²) in [7, 11) is -3.58. The van der Waals surface area contributed by atoms with Crippen LogP contribution in [-0.2, 0) is 16.6 Å². The van der Waals surface area contributed by atoms with E-state index in [-0.39, 0.29) is 11.4 Å². The molecule has 2 aromatic rings. The number of aryl methyl sites for hydroxylation is 1. The second-order valence-electron chi connectivity index (χ2n) is 4.44. The zero-order valence-electron chi connectivity index (χ0n) is 10.9. The van der Waals surface area contributed by atoms with Crippen molar-refractivity contribution < 1.29 is 8.42 Å². The van der Waals surface area contributed by atoms with Crippen LogP contribution in [0.5, 0.6) is 0 Å². The van der Waals surface area contributed by atoms with Gasteiger partial charge in [-0.3, -0.25) is 0 Å². The fourth-order valence-electron chi connectivity index (χ4n) is 1.80. The molecule has 0 aliphatic heterocycles. The summed E-state index contributed by atoms with van der Waals surface area (Å²) >= 11 is 3.39. The van der Waals surface area contributed by atoms with E-state index < -0.39 is 10.0 Å². The summed E-state index contributed by atoms with van der Waals surface area (Å²) in [6.07, 6.45) is 0. The van der Waals surface area contributed by atoms with Gasteiger partial charge in [-0.15, -0.1) is 0 Å². The van der Waals surface area contributed by atoms with Crippen LogP contribution in [0.4, 0.5) is 5.69 Å². The first-order chi connectivity index (χ1) is 9.40. The van der Waals surface area contributed by atoms with Gasteiger partial charge in [-0.1, -0.05) is 40.2 Å². The van der Waals surface area contributed by atoms with Gasteiger partial charge in [0.25, 0.3) is 0 Å². The van der Waals surface area contributed by atoms with Crippen LogP contribution in [0, 0.1) is 6.92 Å². The van der Waals surface area contributed by atoms with E-state index in [1.807, 2.05) is 24.3 Å². The Kier molecular flexibility index (Phi) is 4.47. The monoisotopic (exact) mass is 354 g/mol. The molecule has 3 N–H and O–H groups in total. The molecule has 0 fully saturated rings. The molecule has 0 saturated carbocycles. The lowest BCUT2D eigenvalue weighted by molar-refractivity contribution is 0.580. The second kappa shape index (κ2) is 5.95. The van der Waals surface area contributed by atoms with Gasteiger partial charge in [-0.2, -0.15) is 0 Å². The molecule has 2 aromatic carbocycles. The van der Waals surface area contributed by atoms with Gasteiger partial charge in [-0.05, 0) is 36.2 Å². The Morgan fingerprint density at radius 1 is 1.20 bits per heavy atom. The first-order valence-corrected chi connectivity index (χ1v) is 8.27. The van der Waals surface area contributed by atoms with Crippen molar-refractivity contribution in [2.75, 3.05) is 5.73 Å². The lowest BCUT2D eigenvalue weighted by Crippen LogP contribution is -2.24. The Hall–Kier alpha value is -1.37. The molecule has 0 aliphatic rings. The average Bonchev–Trinajstić information content (AvgIpc) is 2.40. The van der Waals surface area contributed by atoms with Crippen LogP contribution < -0.4 is 10.5 Å². The zero-order valence-corrected chi connectivity index (χ0v) is 13.3. The molecule has 0 aromatic heterocycles. The molecule has 0 unspecified atom stereocenters. The van der Waals surface area contributed by atoms with Crippen molar-refractivity contribution in [3.63, 3.8) is 0 Å². The minimum Gasteiger partial charge on any atom is -0.399 e. The van der Waals surface area contributed by atoms with E-state index in [4.69, 9.17) is 5.73 Å². The lowest BCUT2D eigenvalue weighted by Gasteiger charge is -2.11. The van der Waals surface area contributed by atoms with Crippen LogP contribution >= 0.6 is 15.9 Å². The summed E-state index contributed by atoms with van der Waals surface area (Å²) in [5.41, 5.74) is 7.62. The molecule has 2 rings (SSSR count). The summed E-state index contributed by atoms with van der Waals surface area (Å²) in [6.45, 7) is 1.96. The fraction of sp³-hybridized carbons (Fsp3) is 0.143. The number of nitrogens with two attached hydrogens (primary N) is 1. The standard InChI is InChI=1S/C14H15BrN2O2S/c1-10-6-7-12(16)8-14(10)20(18,19)17-9-11-4-2-3-5-13(11)15/h2-8,17H,9,16H2,1H3. The summed E-state index contributed by atoms with van der Waals surface area (Å²) < 4.78 is 28.1. The molecule has 0 saturated heterocycles. The van der Waals surface area contributed by atoms with Crippen molar-refractivity contribution in [2.45, 2.75) is 18.4 Å². The topological polar surface area (TPSA) is 72.2 Å². The highest BCUT2D eigenvalue weighted by Gasteiger charge is 2.17. The Balaban J connectivity index is 2.24. The van der Waals surface area contributed by atoms with Gasteiger partial charge in [0, 0.05) is 16.7 Å². The number of hydrogen-bond donors (Lipinski definition) is 2. The first-order valence-electron chi connectivity index (χ1n) is 5.99. The van der Waals surface area contributed by atoms with Crippen LogP contribution in [-0.4, -0.2) is 8.42 Å². The predicted octanol–water partition coefficient (Wildman–Crippen LogP) is 2.82. The van der Waals surface area contributed by atoms with E-state index >= 15 is 0 Å². The largest absolute Gasteiger partial charge is 0.399 e. The third-order valence-corrected chi connectivity index (χ3v) is 5.23. The molecule has 0 amide bonds. The minimum absolute atomic E-state index is 0.213. The molecular formula is C14H15BrN2O2S. The van der Waals surface area contributed by atoms with Crippen LogP contribution in [0.25, 0.3) is 0 Å².